The van der Waals surface area contributed by atoms with Gasteiger partial charge in [0.1, 0.15) is 11.4 Å². The van der Waals surface area contributed by atoms with E-state index in [1.54, 1.807) is 13.3 Å². The molecule has 2 aliphatic rings. The van der Waals surface area contributed by atoms with Gasteiger partial charge in [-0.3, -0.25) is 4.98 Å². The summed E-state index contributed by atoms with van der Waals surface area (Å²) in [7, 11) is 1.71. The molecule has 0 amide bonds. The van der Waals surface area contributed by atoms with E-state index in [1.807, 2.05) is 30.6 Å². The summed E-state index contributed by atoms with van der Waals surface area (Å²) in [5.41, 5.74) is 3.14. The predicted molar refractivity (Wildman–Crippen MR) is 103 cm³/mol. The monoisotopic (exact) mass is 381 g/mol. The molecular formula is C21H23N3O4. The minimum atomic E-state index is -0.540. The first-order valence-corrected chi connectivity index (χ1v) is 9.55. The highest BCUT2D eigenvalue weighted by atomic mass is 16.5. The van der Waals surface area contributed by atoms with Crippen molar-refractivity contribution in [1.82, 2.24) is 15.0 Å². The maximum absolute atomic E-state index is 6.11. The number of H-pyrrole nitrogens is 1. The van der Waals surface area contributed by atoms with Crippen LogP contribution in [0, 0.1) is 5.92 Å². The number of methoxy groups -OCH3 is 1. The number of aromatic amines is 1. The number of hydrogen-bond acceptors (Lipinski definition) is 6. The second-order valence-corrected chi connectivity index (χ2v) is 7.41. The van der Waals surface area contributed by atoms with Crippen molar-refractivity contribution >= 4 is 10.9 Å². The van der Waals surface area contributed by atoms with Crippen molar-refractivity contribution in [3.05, 3.63) is 42.5 Å². The van der Waals surface area contributed by atoms with Crippen LogP contribution >= 0.6 is 0 Å². The van der Waals surface area contributed by atoms with Crippen LogP contribution in [0.5, 0.6) is 5.75 Å². The first kappa shape index (κ1) is 17.6. The van der Waals surface area contributed by atoms with Gasteiger partial charge in [-0.25, -0.2) is 4.98 Å². The number of aromatic nitrogens is 3. The molecule has 2 fully saturated rings. The van der Waals surface area contributed by atoms with Crippen molar-refractivity contribution in [3.63, 3.8) is 0 Å². The summed E-state index contributed by atoms with van der Waals surface area (Å²) in [4.78, 5) is 12.4. The number of rotatable bonds is 6. The van der Waals surface area contributed by atoms with E-state index in [2.05, 4.69) is 9.97 Å². The summed E-state index contributed by atoms with van der Waals surface area (Å²) < 4.78 is 22.9. The van der Waals surface area contributed by atoms with E-state index in [0.29, 0.717) is 25.7 Å². The average molecular weight is 381 g/mol. The molecule has 7 heteroatoms. The predicted octanol–water partition coefficient (Wildman–Crippen LogP) is 2.91. The molecule has 1 unspecified atom stereocenters. The second kappa shape index (κ2) is 7.16. The lowest BCUT2D eigenvalue weighted by Gasteiger charge is -2.28. The Hall–Kier alpha value is -2.48. The number of nitrogens with one attached hydrogen (secondary N) is 1. The second-order valence-electron chi connectivity index (χ2n) is 7.41. The number of nitrogens with zero attached hydrogens (tertiary/aromatic N) is 2. The van der Waals surface area contributed by atoms with E-state index in [9.17, 15) is 0 Å². The Balaban J connectivity index is 1.57. The lowest BCUT2D eigenvalue weighted by Crippen LogP contribution is -2.33. The van der Waals surface area contributed by atoms with Gasteiger partial charge in [-0.1, -0.05) is 0 Å². The number of pyridine rings is 2. The Morgan fingerprint density at radius 3 is 2.96 bits per heavy atom. The third kappa shape index (κ3) is 3.05. The molecule has 2 saturated heterocycles. The number of fused-ring (bicyclic) bond motifs is 1. The summed E-state index contributed by atoms with van der Waals surface area (Å²) >= 11 is 0. The molecule has 0 bridgehead atoms. The van der Waals surface area contributed by atoms with Crippen molar-refractivity contribution in [2.45, 2.75) is 12.0 Å². The maximum Gasteiger partial charge on any atom is 0.135 e. The number of hydrogen-bond donors (Lipinski definition) is 1. The fraction of sp³-hybridized carbons (Fsp3) is 0.429. The van der Waals surface area contributed by atoms with Gasteiger partial charge < -0.3 is 23.9 Å². The molecule has 0 aromatic carbocycles. The highest BCUT2D eigenvalue weighted by molar-refractivity contribution is 5.94. The van der Waals surface area contributed by atoms with Crippen molar-refractivity contribution in [1.29, 1.82) is 0 Å². The minimum Gasteiger partial charge on any atom is -0.493 e. The molecule has 28 heavy (non-hydrogen) atoms. The smallest absolute Gasteiger partial charge is 0.135 e. The molecule has 0 aliphatic carbocycles. The Labute approximate surface area is 163 Å². The van der Waals surface area contributed by atoms with Crippen molar-refractivity contribution in [2.75, 3.05) is 40.1 Å². The Bertz CT molecular complexity index is 977. The molecule has 0 saturated carbocycles. The van der Waals surface area contributed by atoms with Gasteiger partial charge in [-0.05, 0) is 6.07 Å². The Kier molecular flexibility index (Phi) is 4.50. The first-order valence-electron chi connectivity index (χ1n) is 9.55. The van der Waals surface area contributed by atoms with Crippen LogP contribution in [0.1, 0.15) is 12.1 Å². The quantitative estimate of drug-likeness (QED) is 0.707. The van der Waals surface area contributed by atoms with Crippen molar-refractivity contribution in [3.8, 4) is 17.0 Å². The third-order valence-electron chi connectivity index (χ3n) is 5.59. The summed E-state index contributed by atoms with van der Waals surface area (Å²) in [6.07, 6.45) is 6.34. The average Bonchev–Trinajstić information content (AvgIpc) is 3.34. The van der Waals surface area contributed by atoms with Crippen LogP contribution in [-0.4, -0.2) is 55.1 Å². The van der Waals surface area contributed by atoms with Crippen molar-refractivity contribution in [2.24, 2.45) is 5.92 Å². The van der Waals surface area contributed by atoms with Gasteiger partial charge in [0, 0.05) is 61.5 Å². The highest BCUT2D eigenvalue weighted by Crippen LogP contribution is 2.37. The zero-order valence-electron chi connectivity index (χ0n) is 15.8. The Morgan fingerprint density at radius 1 is 1.29 bits per heavy atom. The first-order chi connectivity index (χ1) is 13.8. The van der Waals surface area contributed by atoms with Gasteiger partial charge in [0.2, 0.25) is 0 Å². The van der Waals surface area contributed by atoms with Gasteiger partial charge in [-0.2, -0.15) is 0 Å². The molecule has 2 aliphatic heterocycles. The van der Waals surface area contributed by atoms with Gasteiger partial charge in [0.15, 0.2) is 0 Å². The van der Waals surface area contributed by atoms with Gasteiger partial charge >= 0.3 is 0 Å². The van der Waals surface area contributed by atoms with Crippen LogP contribution in [0.15, 0.2) is 36.8 Å². The molecular weight excluding hydrogens is 358 g/mol. The SMILES string of the molecule is COC1(c2cc(OCC3COC3)cc(-c3c[nH]c4cnccc34)n2)CCOC1. The lowest BCUT2D eigenvalue weighted by molar-refractivity contribution is -0.0510. The van der Waals surface area contributed by atoms with E-state index < -0.39 is 5.60 Å². The van der Waals surface area contributed by atoms with E-state index in [0.717, 1.165) is 53.2 Å². The summed E-state index contributed by atoms with van der Waals surface area (Å²) in [6.45, 7) is 3.31. The van der Waals surface area contributed by atoms with Crippen LogP contribution in [0.4, 0.5) is 0 Å². The number of ether oxygens (including phenoxy) is 4. The van der Waals surface area contributed by atoms with Gasteiger partial charge in [0.05, 0.1) is 49.5 Å². The van der Waals surface area contributed by atoms with E-state index >= 15 is 0 Å². The molecule has 3 aromatic rings. The molecule has 3 aromatic heterocycles. The highest BCUT2D eigenvalue weighted by Gasteiger charge is 2.39. The Morgan fingerprint density at radius 2 is 2.21 bits per heavy atom. The molecule has 0 spiro atoms. The summed E-state index contributed by atoms with van der Waals surface area (Å²) in [5, 5.41) is 1.08. The van der Waals surface area contributed by atoms with Crippen LogP contribution < -0.4 is 4.74 Å². The van der Waals surface area contributed by atoms with Crippen LogP contribution in [0.25, 0.3) is 22.2 Å². The standard InChI is InChI=1S/C21H23N3O4/c1-25-21(3-5-26-13-21)20-7-15(28-12-14-10-27-11-14)6-18(24-20)17-8-23-19-9-22-4-2-16(17)19/h2,4,6-9,14,23H,3,5,10-13H2,1H3. The van der Waals surface area contributed by atoms with E-state index in [4.69, 9.17) is 23.9 Å². The fourth-order valence-electron chi connectivity index (χ4n) is 3.75. The topological polar surface area (TPSA) is 78.5 Å². The summed E-state index contributed by atoms with van der Waals surface area (Å²) in [6, 6.07) is 5.97. The van der Waals surface area contributed by atoms with E-state index in [1.165, 1.54) is 0 Å². The van der Waals surface area contributed by atoms with Gasteiger partial charge in [-0.15, -0.1) is 0 Å². The van der Waals surface area contributed by atoms with E-state index in [-0.39, 0.29) is 0 Å². The molecule has 5 rings (SSSR count). The normalized spacial score (nSPS) is 22.5. The van der Waals surface area contributed by atoms with Crippen LogP contribution in [0.3, 0.4) is 0 Å². The molecule has 5 heterocycles. The zero-order valence-corrected chi connectivity index (χ0v) is 15.8. The zero-order chi connectivity index (χ0) is 19.0. The van der Waals surface area contributed by atoms with Gasteiger partial charge in [0.25, 0.3) is 0 Å². The maximum atomic E-state index is 6.11. The van der Waals surface area contributed by atoms with Crippen LogP contribution in [0.2, 0.25) is 0 Å². The van der Waals surface area contributed by atoms with Crippen molar-refractivity contribution < 1.29 is 18.9 Å². The molecule has 1 N–H and O–H groups in total. The molecule has 0 radical (unpaired) electrons. The van der Waals surface area contributed by atoms with Crippen LogP contribution in [-0.2, 0) is 19.8 Å². The lowest BCUT2D eigenvalue weighted by atomic mass is 9.96. The third-order valence-corrected chi connectivity index (χ3v) is 5.59. The summed E-state index contributed by atoms with van der Waals surface area (Å²) in [5.74, 6) is 1.24. The molecule has 7 nitrogen and oxygen atoms in total. The largest absolute Gasteiger partial charge is 0.493 e. The molecule has 1 atom stereocenters. The fourth-order valence-corrected chi connectivity index (χ4v) is 3.75. The molecule has 146 valence electrons. The minimum absolute atomic E-state index is 0.449.